The summed E-state index contributed by atoms with van der Waals surface area (Å²) in [4.78, 5) is 11.6. The van der Waals surface area contributed by atoms with E-state index in [1.54, 1.807) is 7.11 Å². The van der Waals surface area contributed by atoms with E-state index in [9.17, 15) is 4.79 Å². The predicted octanol–water partition coefficient (Wildman–Crippen LogP) is 2.40. The second-order valence-corrected chi connectivity index (χ2v) is 4.30. The number of ether oxygens (including phenoxy) is 1. The average Bonchev–Trinajstić information content (AvgIpc) is 2.39. The molecule has 0 bridgehead atoms. The quantitative estimate of drug-likeness (QED) is 0.781. The summed E-state index contributed by atoms with van der Waals surface area (Å²) in [6.45, 7) is 4.13. The van der Waals surface area contributed by atoms with E-state index < -0.39 is 0 Å². The summed E-state index contributed by atoms with van der Waals surface area (Å²) in [7, 11) is 1.61. The first-order valence-corrected chi connectivity index (χ1v) is 6.32. The zero-order valence-corrected chi connectivity index (χ0v) is 11.3. The largest absolute Gasteiger partial charge is 0.495 e. The standard InChI is InChI=1S/C14H22N2O2/c1-4-10(5-2)13(14(15)17)16-11-8-6-7-9-12(11)18-3/h6-10,13,16H,4-5H2,1-3H3,(H2,15,17). The van der Waals surface area contributed by atoms with E-state index in [0.717, 1.165) is 24.3 Å². The number of benzene rings is 1. The minimum Gasteiger partial charge on any atom is -0.495 e. The Balaban J connectivity index is 2.93. The second kappa shape index (κ2) is 6.89. The summed E-state index contributed by atoms with van der Waals surface area (Å²) in [6.07, 6.45) is 1.82. The van der Waals surface area contributed by atoms with Crippen molar-refractivity contribution in [2.75, 3.05) is 12.4 Å². The maximum atomic E-state index is 11.6. The van der Waals surface area contributed by atoms with Crippen LogP contribution in [-0.4, -0.2) is 19.1 Å². The molecule has 0 aliphatic rings. The third-order valence-corrected chi connectivity index (χ3v) is 3.24. The fraction of sp³-hybridized carbons (Fsp3) is 0.500. The molecule has 0 saturated carbocycles. The normalized spacial score (nSPS) is 12.2. The Morgan fingerprint density at radius 1 is 1.33 bits per heavy atom. The van der Waals surface area contributed by atoms with Gasteiger partial charge in [-0.1, -0.05) is 38.8 Å². The van der Waals surface area contributed by atoms with E-state index >= 15 is 0 Å². The van der Waals surface area contributed by atoms with Gasteiger partial charge in [0.25, 0.3) is 0 Å². The molecule has 0 saturated heterocycles. The van der Waals surface area contributed by atoms with Gasteiger partial charge in [0.2, 0.25) is 5.91 Å². The van der Waals surface area contributed by atoms with Gasteiger partial charge in [-0.2, -0.15) is 0 Å². The van der Waals surface area contributed by atoms with Crippen molar-refractivity contribution in [2.45, 2.75) is 32.7 Å². The number of amides is 1. The molecule has 0 radical (unpaired) electrons. The molecule has 4 heteroatoms. The van der Waals surface area contributed by atoms with Crippen LogP contribution < -0.4 is 15.8 Å². The van der Waals surface area contributed by atoms with Crippen LogP contribution in [0.1, 0.15) is 26.7 Å². The first kappa shape index (κ1) is 14.4. The number of methoxy groups -OCH3 is 1. The molecule has 1 aromatic rings. The van der Waals surface area contributed by atoms with Crippen LogP contribution >= 0.6 is 0 Å². The first-order valence-electron chi connectivity index (χ1n) is 6.32. The molecular weight excluding hydrogens is 228 g/mol. The molecule has 1 aromatic carbocycles. The molecule has 1 amide bonds. The van der Waals surface area contributed by atoms with E-state index in [4.69, 9.17) is 10.5 Å². The Labute approximate surface area is 109 Å². The zero-order valence-electron chi connectivity index (χ0n) is 11.3. The predicted molar refractivity (Wildman–Crippen MR) is 73.7 cm³/mol. The Kier molecular flexibility index (Phi) is 5.49. The summed E-state index contributed by atoms with van der Waals surface area (Å²) >= 11 is 0. The number of anilines is 1. The van der Waals surface area contributed by atoms with Crippen molar-refractivity contribution in [1.82, 2.24) is 0 Å². The van der Waals surface area contributed by atoms with Crippen molar-refractivity contribution in [3.63, 3.8) is 0 Å². The van der Waals surface area contributed by atoms with E-state index in [1.807, 2.05) is 24.3 Å². The minimum absolute atomic E-state index is 0.229. The fourth-order valence-electron chi connectivity index (χ4n) is 2.11. The Morgan fingerprint density at radius 2 is 1.94 bits per heavy atom. The van der Waals surface area contributed by atoms with Crippen LogP contribution in [0.3, 0.4) is 0 Å². The summed E-state index contributed by atoms with van der Waals surface area (Å²) in [6, 6.07) is 7.16. The lowest BCUT2D eigenvalue weighted by atomic mass is 9.93. The van der Waals surface area contributed by atoms with Crippen molar-refractivity contribution >= 4 is 11.6 Å². The molecule has 0 fully saturated rings. The van der Waals surface area contributed by atoms with Gasteiger partial charge < -0.3 is 15.8 Å². The van der Waals surface area contributed by atoms with Crippen LogP contribution in [-0.2, 0) is 4.79 Å². The van der Waals surface area contributed by atoms with E-state index in [0.29, 0.717) is 0 Å². The molecular formula is C14H22N2O2. The van der Waals surface area contributed by atoms with E-state index in [2.05, 4.69) is 19.2 Å². The number of para-hydroxylation sites is 2. The number of rotatable bonds is 7. The number of nitrogens with two attached hydrogens (primary N) is 1. The summed E-state index contributed by atoms with van der Waals surface area (Å²) in [5.74, 6) is 0.622. The number of hydrogen-bond donors (Lipinski definition) is 2. The van der Waals surface area contributed by atoms with E-state index in [1.165, 1.54) is 0 Å². The molecule has 0 heterocycles. The highest BCUT2D eigenvalue weighted by molar-refractivity contribution is 5.84. The van der Waals surface area contributed by atoms with Gasteiger partial charge in [0, 0.05) is 0 Å². The van der Waals surface area contributed by atoms with Crippen LogP contribution in [0.5, 0.6) is 5.75 Å². The number of nitrogens with one attached hydrogen (secondary N) is 1. The number of hydrogen-bond acceptors (Lipinski definition) is 3. The molecule has 1 rings (SSSR count). The third kappa shape index (κ3) is 3.39. The summed E-state index contributed by atoms with van der Waals surface area (Å²) < 4.78 is 5.26. The van der Waals surface area contributed by atoms with Gasteiger partial charge in [-0.15, -0.1) is 0 Å². The molecule has 18 heavy (non-hydrogen) atoms. The lowest BCUT2D eigenvalue weighted by Crippen LogP contribution is -2.41. The molecule has 100 valence electrons. The van der Waals surface area contributed by atoms with Crippen molar-refractivity contribution in [3.05, 3.63) is 24.3 Å². The maximum Gasteiger partial charge on any atom is 0.240 e. The van der Waals surface area contributed by atoms with Gasteiger partial charge in [0.1, 0.15) is 11.8 Å². The van der Waals surface area contributed by atoms with Gasteiger partial charge in [-0.05, 0) is 18.1 Å². The van der Waals surface area contributed by atoms with Crippen molar-refractivity contribution in [3.8, 4) is 5.75 Å². The van der Waals surface area contributed by atoms with Gasteiger partial charge in [-0.3, -0.25) is 4.79 Å². The second-order valence-electron chi connectivity index (χ2n) is 4.30. The van der Waals surface area contributed by atoms with Crippen molar-refractivity contribution in [2.24, 2.45) is 11.7 Å². The topological polar surface area (TPSA) is 64.3 Å². The molecule has 0 spiro atoms. The Bertz CT molecular complexity index is 389. The number of carbonyl (C=O) groups is 1. The highest BCUT2D eigenvalue weighted by atomic mass is 16.5. The van der Waals surface area contributed by atoms with Crippen molar-refractivity contribution in [1.29, 1.82) is 0 Å². The van der Waals surface area contributed by atoms with Crippen LogP contribution in [0.4, 0.5) is 5.69 Å². The lowest BCUT2D eigenvalue weighted by molar-refractivity contribution is -0.119. The van der Waals surface area contributed by atoms with Crippen LogP contribution in [0, 0.1) is 5.92 Å². The third-order valence-electron chi connectivity index (χ3n) is 3.24. The molecule has 1 unspecified atom stereocenters. The van der Waals surface area contributed by atoms with Gasteiger partial charge in [0.15, 0.2) is 0 Å². The number of primary amides is 1. The van der Waals surface area contributed by atoms with Crippen LogP contribution in [0.25, 0.3) is 0 Å². The van der Waals surface area contributed by atoms with Crippen molar-refractivity contribution < 1.29 is 9.53 Å². The molecule has 1 atom stereocenters. The van der Waals surface area contributed by atoms with Gasteiger partial charge in [-0.25, -0.2) is 0 Å². The van der Waals surface area contributed by atoms with Gasteiger partial charge >= 0.3 is 0 Å². The van der Waals surface area contributed by atoms with Gasteiger partial charge in [0.05, 0.1) is 12.8 Å². The summed E-state index contributed by atoms with van der Waals surface area (Å²) in [5, 5.41) is 3.20. The molecule has 0 aliphatic heterocycles. The molecule has 0 aliphatic carbocycles. The lowest BCUT2D eigenvalue weighted by Gasteiger charge is -2.25. The average molecular weight is 250 g/mol. The van der Waals surface area contributed by atoms with Crippen LogP contribution in [0.15, 0.2) is 24.3 Å². The summed E-state index contributed by atoms with van der Waals surface area (Å²) in [5.41, 5.74) is 6.29. The molecule has 4 nitrogen and oxygen atoms in total. The first-order chi connectivity index (χ1) is 8.63. The van der Waals surface area contributed by atoms with E-state index in [-0.39, 0.29) is 17.9 Å². The van der Waals surface area contributed by atoms with Crippen LogP contribution in [0.2, 0.25) is 0 Å². The number of carbonyl (C=O) groups excluding carboxylic acids is 1. The smallest absolute Gasteiger partial charge is 0.240 e. The Hall–Kier alpha value is -1.71. The SMILES string of the molecule is CCC(CC)C(Nc1ccccc1OC)C(N)=O. The maximum absolute atomic E-state index is 11.6. The fourth-order valence-corrected chi connectivity index (χ4v) is 2.11. The molecule has 3 N–H and O–H groups in total. The molecule has 0 aromatic heterocycles. The highest BCUT2D eigenvalue weighted by Gasteiger charge is 2.24. The highest BCUT2D eigenvalue weighted by Crippen LogP contribution is 2.26. The zero-order chi connectivity index (χ0) is 13.5. The monoisotopic (exact) mass is 250 g/mol. The minimum atomic E-state index is -0.365. The Morgan fingerprint density at radius 3 is 2.44 bits per heavy atom.